The van der Waals surface area contributed by atoms with Crippen LogP contribution in [0.3, 0.4) is 0 Å². The number of rotatable bonds is 7. The van der Waals surface area contributed by atoms with Crippen molar-refractivity contribution >= 4 is 33.3 Å². The molecule has 0 aliphatic carbocycles. The summed E-state index contributed by atoms with van der Waals surface area (Å²) >= 11 is 3.50. The first-order valence-corrected chi connectivity index (χ1v) is 11.8. The van der Waals surface area contributed by atoms with Crippen LogP contribution in [0.4, 0.5) is 5.69 Å². The molecule has 1 N–H and O–H groups in total. The second-order valence-electron chi connectivity index (χ2n) is 9.42. The normalized spacial score (nSPS) is 11.4. The van der Waals surface area contributed by atoms with E-state index in [-0.39, 0.29) is 23.7 Å². The fraction of sp³-hybridized carbons (Fsp3) is 0.286. The van der Waals surface area contributed by atoms with E-state index in [9.17, 15) is 9.59 Å². The van der Waals surface area contributed by atoms with E-state index in [0.29, 0.717) is 28.5 Å². The van der Waals surface area contributed by atoms with Crippen LogP contribution in [0.25, 0.3) is 0 Å². The van der Waals surface area contributed by atoms with Gasteiger partial charge in [0.25, 0.3) is 5.91 Å². The fourth-order valence-electron chi connectivity index (χ4n) is 3.36. The van der Waals surface area contributed by atoms with Gasteiger partial charge in [-0.3, -0.25) is 9.59 Å². The molecular formula is C28H30BrNO3. The quantitative estimate of drug-likeness (QED) is 0.346. The summed E-state index contributed by atoms with van der Waals surface area (Å²) in [4.78, 5) is 25.3. The first kappa shape index (κ1) is 24.7. The van der Waals surface area contributed by atoms with Gasteiger partial charge >= 0.3 is 0 Å². The number of amides is 1. The summed E-state index contributed by atoms with van der Waals surface area (Å²) in [5.41, 5.74) is 4.07. The maximum atomic E-state index is 12.9. The molecule has 172 valence electrons. The van der Waals surface area contributed by atoms with Gasteiger partial charge in [-0.05, 0) is 62.7 Å². The minimum Gasteiger partial charge on any atom is -0.483 e. The van der Waals surface area contributed by atoms with Crippen molar-refractivity contribution in [2.24, 2.45) is 0 Å². The van der Waals surface area contributed by atoms with Gasteiger partial charge in [0.2, 0.25) is 0 Å². The lowest BCUT2D eigenvalue weighted by Crippen LogP contribution is -2.20. The predicted molar refractivity (Wildman–Crippen MR) is 137 cm³/mol. The van der Waals surface area contributed by atoms with Crippen molar-refractivity contribution in [3.05, 3.63) is 93.5 Å². The number of ketones is 1. The smallest absolute Gasteiger partial charge is 0.262 e. The molecule has 0 unspecified atom stereocenters. The Morgan fingerprint density at radius 1 is 0.939 bits per heavy atom. The second-order valence-corrected chi connectivity index (χ2v) is 10.3. The Morgan fingerprint density at radius 3 is 2.24 bits per heavy atom. The Morgan fingerprint density at radius 2 is 1.64 bits per heavy atom. The molecule has 0 bridgehead atoms. The van der Waals surface area contributed by atoms with Gasteiger partial charge in [-0.15, -0.1) is 0 Å². The molecule has 3 rings (SSSR count). The zero-order chi connectivity index (χ0) is 24.2. The topological polar surface area (TPSA) is 55.4 Å². The van der Waals surface area contributed by atoms with Gasteiger partial charge in [0.1, 0.15) is 5.75 Å². The molecule has 0 aliphatic rings. The molecule has 0 heterocycles. The molecule has 0 spiro atoms. The Hall–Kier alpha value is -2.92. The van der Waals surface area contributed by atoms with Crippen molar-refractivity contribution in [3.8, 4) is 5.75 Å². The predicted octanol–water partition coefficient (Wildman–Crippen LogP) is 7.12. The third kappa shape index (κ3) is 6.55. The summed E-state index contributed by atoms with van der Waals surface area (Å²) in [5.74, 6) is 0.633. The number of nitrogens with one attached hydrogen (secondary N) is 1. The molecule has 0 aromatic heterocycles. The highest BCUT2D eigenvalue weighted by molar-refractivity contribution is 9.10. The van der Waals surface area contributed by atoms with Crippen LogP contribution in [0.5, 0.6) is 5.75 Å². The van der Waals surface area contributed by atoms with Crippen molar-refractivity contribution in [1.29, 1.82) is 0 Å². The third-order valence-electron chi connectivity index (χ3n) is 5.40. The number of carbonyl (C=O) groups excluding carboxylic acids is 2. The first-order valence-electron chi connectivity index (χ1n) is 11.0. The summed E-state index contributed by atoms with van der Waals surface area (Å²) < 4.78 is 6.48. The highest BCUT2D eigenvalue weighted by Gasteiger charge is 2.16. The van der Waals surface area contributed by atoms with Gasteiger partial charge in [-0.25, -0.2) is 0 Å². The van der Waals surface area contributed by atoms with Crippen LogP contribution in [0, 0.1) is 0 Å². The van der Waals surface area contributed by atoms with Crippen molar-refractivity contribution in [1.82, 2.24) is 0 Å². The number of carbonyl (C=O) groups is 2. The highest BCUT2D eigenvalue weighted by Crippen LogP contribution is 2.29. The zero-order valence-corrected chi connectivity index (χ0v) is 21.3. The van der Waals surface area contributed by atoms with Crippen molar-refractivity contribution in [3.63, 3.8) is 0 Å². The minimum atomic E-state index is -0.297. The molecule has 0 atom stereocenters. The van der Waals surface area contributed by atoms with Gasteiger partial charge in [0.05, 0.1) is 4.47 Å². The fourth-order valence-corrected chi connectivity index (χ4v) is 3.87. The third-order valence-corrected chi connectivity index (χ3v) is 6.02. The molecule has 33 heavy (non-hydrogen) atoms. The van der Waals surface area contributed by atoms with Crippen LogP contribution >= 0.6 is 15.9 Å². The van der Waals surface area contributed by atoms with E-state index in [1.165, 1.54) is 11.1 Å². The number of ether oxygens (including phenoxy) is 1. The minimum absolute atomic E-state index is 0.0277. The van der Waals surface area contributed by atoms with Gasteiger partial charge in [-0.2, -0.15) is 0 Å². The van der Waals surface area contributed by atoms with E-state index in [2.05, 4.69) is 55.9 Å². The molecule has 3 aromatic rings. The molecule has 4 nitrogen and oxygen atoms in total. The molecule has 0 radical (unpaired) electrons. The molecule has 0 fully saturated rings. The van der Waals surface area contributed by atoms with Crippen LogP contribution in [-0.2, 0) is 10.2 Å². The van der Waals surface area contributed by atoms with Crippen LogP contribution < -0.4 is 10.1 Å². The SMILES string of the molecule is CC(C)c1ccc(OCC(=O)Nc2cccc(C(=O)c3ccc(C(C)(C)C)cc3)c2)c(Br)c1. The van der Waals surface area contributed by atoms with E-state index in [1.54, 1.807) is 24.3 Å². The average Bonchev–Trinajstić information content (AvgIpc) is 2.77. The summed E-state index contributed by atoms with van der Waals surface area (Å²) in [6, 6.07) is 20.5. The van der Waals surface area contributed by atoms with Crippen LogP contribution in [0.15, 0.2) is 71.2 Å². The molecule has 5 heteroatoms. The molecule has 0 aliphatic heterocycles. The van der Waals surface area contributed by atoms with Gasteiger partial charge in [0, 0.05) is 16.8 Å². The van der Waals surface area contributed by atoms with Crippen molar-refractivity contribution < 1.29 is 14.3 Å². The number of halogens is 1. The van der Waals surface area contributed by atoms with E-state index in [0.717, 1.165) is 4.47 Å². The second kappa shape index (κ2) is 10.3. The van der Waals surface area contributed by atoms with Crippen molar-refractivity contribution in [2.45, 2.75) is 46.0 Å². The van der Waals surface area contributed by atoms with Gasteiger partial charge in [-0.1, -0.05) is 77.1 Å². The largest absolute Gasteiger partial charge is 0.483 e. The lowest BCUT2D eigenvalue weighted by molar-refractivity contribution is -0.118. The van der Waals surface area contributed by atoms with Gasteiger partial charge < -0.3 is 10.1 Å². The Balaban J connectivity index is 1.63. The lowest BCUT2D eigenvalue weighted by Gasteiger charge is -2.19. The monoisotopic (exact) mass is 507 g/mol. The number of hydrogen-bond acceptors (Lipinski definition) is 3. The molecule has 3 aromatic carbocycles. The van der Waals surface area contributed by atoms with E-state index in [1.807, 2.05) is 42.5 Å². The summed E-state index contributed by atoms with van der Waals surface area (Å²) in [6.07, 6.45) is 0. The van der Waals surface area contributed by atoms with E-state index in [4.69, 9.17) is 4.74 Å². The van der Waals surface area contributed by atoms with E-state index >= 15 is 0 Å². The highest BCUT2D eigenvalue weighted by atomic mass is 79.9. The summed E-state index contributed by atoms with van der Waals surface area (Å²) in [5, 5.41) is 2.81. The number of benzene rings is 3. The Kier molecular flexibility index (Phi) is 7.75. The van der Waals surface area contributed by atoms with Crippen LogP contribution in [-0.4, -0.2) is 18.3 Å². The molecule has 0 saturated heterocycles. The molecule has 1 amide bonds. The average molecular weight is 508 g/mol. The molecule has 0 saturated carbocycles. The Bertz CT molecular complexity index is 1140. The lowest BCUT2D eigenvalue weighted by atomic mass is 9.86. The van der Waals surface area contributed by atoms with Crippen molar-refractivity contribution in [2.75, 3.05) is 11.9 Å². The van der Waals surface area contributed by atoms with E-state index < -0.39 is 0 Å². The van der Waals surface area contributed by atoms with Gasteiger partial charge in [0.15, 0.2) is 12.4 Å². The number of anilines is 1. The zero-order valence-electron chi connectivity index (χ0n) is 19.7. The van der Waals surface area contributed by atoms with Crippen LogP contribution in [0.2, 0.25) is 0 Å². The molecular weight excluding hydrogens is 478 g/mol. The summed E-state index contributed by atoms with van der Waals surface area (Å²) in [7, 11) is 0. The maximum Gasteiger partial charge on any atom is 0.262 e. The summed E-state index contributed by atoms with van der Waals surface area (Å²) in [6.45, 7) is 10.5. The standard InChI is InChI=1S/C28H30BrNO3/c1-18(2)20-11-14-25(24(29)16-20)33-17-26(31)30-23-8-6-7-21(15-23)27(32)19-9-12-22(13-10-19)28(3,4)5/h6-16,18H,17H2,1-5H3,(H,30,31). The Labute approximate surface area is 204 Å². The number of hydrogen-bond donors (Lipinski definition) is 1. The van der Waals surface area contributed by atoms with Crippen LogP contribution in [0.1, 0.15) is 67.6 Å². The first-order chi connectivity index (χ1) is 15.5. The maximum absolute atomic E-state index is 12.9.